The molecule has 1 fully saturated rings. The maximum Gasteiger partial charge on any atom is 0.338 e. The summed E-state index contributed by atoms with van der Waals surface area (Å²) < 4.78 is 10.6. The number of para-hydroxylation sites is 1. The van der Waals surface area contributed by atoms with Gasteiger partial charge in [0, 0.05) is 19.2 Å². The number of nitrogens with zero attached hydrogens (tertiary/aromatic N) is 2. The van der Waals surface area contributed by atoms with Crippen molar-refractivity contribution in [3.05, 3.63) is 58.1 Å². The van der Waals surface area contributed by atoms with Crippen LogP contribution in [0.2, 0.25) is 0 Å². The Hall–Kier alpha value is -3.09. The van der Waals surface area contributed by atoms with Crippen LogP contribution < -0.4 is 9.64 Å². The summed E-state index contributed by atoms with van der Waals surface area (Å²) in [6, 6.07) is 11.7. The van der Waals surface area contributed by atoms with Crippen LogP contribution in [-0.2, 0) is 4.74 Å². The zero-order valence-corrected chi connectivity index (χ0v) is 13.8. The van der Waals surface area contributed by atoms with Crippen molar-refractivity contribution in [1.82, 2.24) is 0 Å². The highest BCUT2D eigenvalue weighted by Gasteiger charge is 2.28. The topological polar surface area (TPSA) is 81.9 Å². The second-order valence-electron chi connectivity index (χ2n) is 5.70. The predicted molar refractivity (Wildman–Crippen MR) is 92.4 cm³/mol. The summed E-state index contributed by atoms with van der Waals surface area (Å²) in [5, 5.41) is 11.6. The average Bonchev–Trinajstić information content (AvgIpc) is 3.16. The van der Waals surface area contributed by atoms with Crippen LogP contribution in [0.25, 0.3) is 0 Å². The summed E-state index contributed by atoms with van der Waals surface area (Å²) in [4.78, 5) is 25.0. The number of methoxy groups -OCH3 is 1. The van der Waals surface area contributed by atoms with Crippen molar-refractivity contribution in [3.8, 4) is 11.5 Å². The standard InChI is InChI=1S/C18H18N2O5/c1-24-18(21)13-11-15(19-9-5-6-10-19)17(16(12-13)20(22)23)25-14-7-3-2-4-8-14/h2-4,7-8,11-12H,5-6,9-10H2,1H3. The first-order chi connectivity index (χ1) is 12.1. The molecule has 2 aromatic rings. The molecule has 3 rings (SSSR count). The SMILES string of the molecule is COC(=O)c1cc(N2CCCC2)c(Oc2ccccc2)c([N+](=O)[O-])c1. The van der Waals surface area contributed by atoms with E-state index in [1.54, 1.807) is 30.3 Å². The first-order valence-electron chi connectivity index (χ1n) is 7.98. The number of hydrogen-bond donors (Lipinski definition) is 0. The van der Waals surface area contributed by atoms with Crippen molar-refractivity contribution >= 4 is 17.3 Å². The summed E-state index contributed by atoms with van der Waals surface area (Å²) in [6.07, 6.45) is 1.97. The molecule has 1 aliphatic rings. The molecule has 0 N–H and O–H groups in total. The van der Waals surface area contributed by atoms with E-state index in [0.29, 0.717) is 11.4 Å². The maximum absolute atomic E-state index is 11.9. The average molecular weight is 342 g/mol. The van der Waals surface area contributed by atoms with Gasteiger partial charge >= 0.3 is 11.7 Å². The largest absolute Gasteiger partial charge is 0.465 e. The summed E-state index contributed by atoms with van der Waals surface area (Å²) in [7, 11) is 1.25. The van der Waals surface area contributed by atoms with Crippen molar-refractivity contribution in [3.63, 3.8) is 0 Å². The number of ether oxygens (including phenoxy) is 2. The van der Waals surface area contributed by atoms with E-state index in [-0.39, 0.29) is 17.0 Å². The third kappa shape index (κ3) is 3.55. The molecule has 0 aliphatic carbocycles. The molecular formula is C18H18N2O5. The Kier molecular flexibility index (Phi) is 4.83. The number of hydrogen-bond acceptors (Lipinski definition) is 6. The molecule has 25 heavy (non-hydrogen) atoms. The lowest BCUT2D eigenvalue weighted by Gasteiger charge is -2.22. The molecule has 7 heteroatoms. The number of nitro groups is 1. The van der Waals surface area contributed by atoms with Crippen molar-refractivity contribution in [2.45, 2.75) is 12.8 Å². The smallest absolute Gasteiger partial charge is 0.338 e. The van der Waals surface area contributed by atoms with Crippen LogP contribution in [0.15, 0.2) is 42.5 Å². The fourth-order valence-electron chi connectivity index (χ4n) is 2.87. The highest BCUT2D eigenvalue weighted by atomic mass is 16.6. The molecule has 0 radical (unpaired) electrons. The zero-order valence-electron chi connectivity index (χ0n) is 13.8. The molecule has 2 aromatic carbocycles. The Bertz CT molecular complexity index is 786. The lowest BCUT2D eigenvalue weighted by atomic mass is 10.1. The molecule has 0 atom stereocenters. The van der Waals surface area contributed by atoms with Gasteiger partial charge in [0.1, 0.15) is 5.75 Å². The van der Waals surface area contributed by atoms with Crippen LogP contribution >= 0.6 is 0 Å². The molecule has 1 saturated heterocycles. The first-order valence-corrected chi connectivity index (χ1v) is 7.98. The molecule has 0 spiro atoms. The molecule has 7 nitrogen and oxygen atoms in total. The molecule has 130 valence electrons. The third-order valence-corrected chi connectivity index (χ3v) is 4.08. The third-order valence-electron chi connectivity index (χ3n) is 4.08. The van der Waals surface area contributed by atoms with Crippen molar-refractivity contribution < 1.29 is 19.2 Å². The zero-order chi connectivity index (χ0) is 17.8. The predicted octanol–water partition coefficient (Wildman–Crippen LogP) is 3.77. The molecule has 0 saturated carbocycles. The van der Waals surface area contributed by atoms with Gasteiger partial charge in [-0.15, -0.1) is 0 Å². The number of carbonyl (C=O) groups excluding carboxylic acids is 1. The van der Waals surface area contributed by atoms with Crippen molar-refractivity contribution in [2.75, 3.05) is 25.1 Å². The van der Waals surface area contributed by atoms with E-state index < -0.39 is 10.9 Å². The Labute approximate surface area is 144 Å². The number of esters is 1. The number of carbonyl (C=O) groups is 1. The van der Waals surface area contributed by atoms with Gasteiger partial charge < -0.3 is 14.4 Å². The van der Waals surface area contributed by atoms with E-state index in [1.165, 1.54) is 13.2 Å². The second-order valence-corrected chi connectivity index (χ2v) is 5.70. The van der Waals surface area contributed by atoms with Crippen LogP contribution in [0.3, 0.4) is 0 Å². The van der Waals surface area contributed by atoms with Crippen LogP contribution in [0.1, 0.15) is 23.2 Å². The van der Waals surface area contributed by atoms with E-state index in [0.717, 1.165) is 25.9 Å². The molecule has 0 amide bonds. The van der Waals surface area contributed by atoms with E-state index in [4.69, 9.17) is 9.47 Å². The Morgan fingerprint density at radius 3 is 2.44 bits per heavy atom. The van der Waals surface area contributed by atoms with Gasteiger partial charge in [-0.1, -0.05) is 18.2 Å². The molecule has 0 bridgehead atoms. The highest BCUT2D eigenvalue weighted by Crippen LogP contribution is 2.42. The fraction of sp³-hybridized carbons (Fsp3) is 0.278. The number of nitro benzene ring substituents is 1. The van der Waals surface area contributed by atoms with E-state index in [9.17, 15) is 14.9 Å². The highest BCUT2D eigenvalue weighted by molar-refractivity contribution is 5.93. The van der Waals surface area contributed by atoms with E-state index in [1.807, 2.05) is 11.0 Å². The second kappa shape index (κ2) is 7.21. The number of anilines is 1. The summed E-state index contributed by atoms with van der Waals surface area (Å²) in [5.41, 5.74) is 0.418. The van der Waals surface area contributed by atoms with Crippen LogP contribution in [-0.4, -0.2) is 31.1 Å². The molecule has 0 unspecified atom stereocenters. The first kappa shape index (κ1) is 16.8. The Balaban J connectivity index is 2.14. The van der Waals surface area contributed by atoms with Gasteiger partial charge in [-0.3, -0.25) is 10.1 Å². The van der Waals surface area contributed by atoms with Gasteiger partial charge in [-0.05, 0) is 31.0 Å². The number of rotatable bonds is 5. The quantitative estimate of drug-likeness (QED) is 0.467. The van der Waals surface area contributed by atoms with Crippen molar-refractivity contribution in [1.29, 1.82) is 0 Å². The van der Waals surface area contributed by atoms with E-state index in [2.05, 4.69) is 0 Å². The van der Waals surface area contributed by atoms with Gasteiger partial charge in [0.2, 0.25) is 5.75 Å². The van der Waals surface area contributed by atoms with Crippen molar-refractivity contribution in [2.24, 2.45) is 0 Å². The summed E-state index contributed by atoms with van der Waals surface area (Å²) in [6.45, 7) is 1.51. The Morgan fingerprint density at radius 2 is 1.84 bits per heavy atom. The van der Waals surface area contributed by atoms with Crippen LogP contribution in [0.5, 0.6) is 11.5 Å². The fourth-order valence-corrected chi connectivity index (χ4v) is 2.87. The molecule has 0 aromatic heterocycles. The lowest BCUT2D eigenvalue weighted by molar-refractivity contribution is -0.385. The van der Waals surface area contributed by atoms with Gasteiger partial charge in [-0.25, -0.2) is 4.79 Å². The van der Waals surface area contributed by atoms with Gasteiger partial charge in [-0.2, -0.15) is 0 Å². The molecule has 1 heterocycles. The number of benzene rings is 2. The maximum atomic E-state index is 11.9. The lowest BCUT2D eigenvalue weighted by Crippen LogP contribution is -2.19. The van der Waals surface area contributed by atoms with Crippen LogP contribution in [0.4, 0.5) is 11.4 Å². The summed E-state index contributed by atoms with van der Waals surface area (Å²) >= 11 is 0. The van der Waals surface area contributed by atoms with E-state index >= 15 is 0 Å². The monoisotopic (exact) mass is 342 g/mol. The minimum absolute atomic E-state index is 0.136. The normalized spacial score (nSPS) is 13.6. The molecule has 1 aliphatic heterocycles. The van der Waals surface area contributed by atoms with Gasteiger partial charge in [0.15, 0.2) is 0 Å². The van der Waals surface area contributed by atoms with Gasteiger partial charge in [0.05, 0.1) is 23.3 Å². The van der Waals surface area contributed by atoms with Gasteiger partial charge in [0.25, 0.3) is 0 Å². The molecular weight excluding hydrogens is 324 g/mol. The summed E-state index contributed by atoms with van der Waals surface area (Å²) in [5.74, 6) is 0.0254. The minimum Gasteiger partial charge on any atom is -0.465 e. The van der Waals surface area contributed by atoms with Crippen LogP contribution in [0, 0.1) is 10.1 Å². The minimum atomic E-state index is -0.616. The Morgan fingerprint density at radius 1 is 1.16 bits per heavy atom.